The number of para-hydroxylation sites is 1. The molecule has 0 aliphatic heterocycles. The molecule has 7 heteroatoms. The van der Waals surface area contributed by atoms with Gasteiger partial charge in [-0.3, -0.25) is 5.10 Å². The predicted molar refractivity (Wildman–Crippen MR) is 64.3 cm³/mol. The molecule has 0 aliphatic carbocycles. The van der Waals surface area contributed by atoms with Gasteiger partial charge in [0.1, 0.15) is 6.33 Å². The number of hydrogen-bond acceptors (Lipinski definition) is 6. The second-order valence-corrected chi connectivity index (χ2v) is 3.79. The third-order valence-corrected chi connectivity index (χ3v) is 2.61. The van der Waals surface area contributed by atoms with E-state index in [-0.39, 0.29) is 0 Å². The van der Waals surface area contributed by atoms with Crippen LogP contribution in [0.5, 0.6) is 0 Å². The van der Waals surface area contributed by atoms with Crippen molar-refractivity contribution in [3.05, 3.63) is 30.1 Å². The first kappa shape index (κ1) is 10.5. The van der Waals surface area contributed by atoms with Crippen molar-refractivity contribution in [1.82, 2.24) is 25.3 Å². The fraction of sp³-hybridized carbons (Fsp3) is 0.0909. The molecule has 7 nitrogen and oxygen atoms in total. The summed E-state index contributed by atoms with van der Waals surface area (Å²) in [5.74, 6) is 1.17. The number of nitrogens with two attached hydrogens (primary N) is 1. The summed E-state index contributed by atoms with van der Waals surface area (Å²) >= 11 is 0. The summed E-state index contributed by atoms with van der Waals surface area (Å²) in [6.07, 6.45) is 1.38. The summed E-state index contributed by atoms with van der Waals surface area (Å²) in [7, 11) is 0. The molecule has 0 bridgehead atoms. The molecule has 0 atom stereocenters. The number of rotatable bonds is 2. The minimum atomic E-state index is 0.350. The lowest BCUT2D eigenvalue weighted by atomic mass is 10.1. The van der Waals surface area contributed by atoms with Crippen molar-refractivity contribution < 1.29 is 4.52 Å². The Hall–Kier alpha value is -2.70. The number of H-pyrrole nitrogens is 1. The SMILES string of the molecule is Cc1cccc(-c2nc(-c3ncn[nH]3)no2)c1N. The number of nitrogens with zero attached hydrogens (tertiary/aromatic N) is 4. The Balaban J connectivity index is 2.06. The van der Waals surface area contributed by atoms with Gasteiger partial charge in [0.25, 0.3) is 5.89 Å². The van der Waals surface area contributed by atoms with Crippen molar-refractivity contribution in [1.29, 1.82) is 0 Å². The molecule has 3 aromatic rings. The fourth-order valence-corrected chi connectivity index (χ4v) is 1.61. The van der Waals surface area contributed by atoms with E-state index in [0.29, 0.717) is 28.8 Å². The van der Waals surface area contributed by atoms with Gasteiger partial charge in [-0.15, -0.1) is 0 Å². The number of aromatic nitrogens is 5. The van der Waals surface area contributed by atoms with Gasteiger partial charge in [0, 0.05) is 5.69 Å². The molecule has 0 spiro atoms. The summed E-state index contributed by atoms with van der Waals surface area (Å²) in [6.45, 7) is 1.92. The topological polar surface area (TPSA) is 107 Å². The Morgan fingerprint density at radius 3 is 3.00 bits per heavy atom. The minimum absolute atomic E-state index is 0.350. The van der Waals surface area contributed by atoms with E-state index in [4.69, 9.17) is 10.3 Å². The summed E-state index contributed by atoms with van der Waals surface area (Å²) in [4.78, 5) is 8.18. The molecule has 1 aromatic carbocycles. The average Bonchev–Trinajstić information content (AvgIpc) is 3.01. The second kappa shape index (κ2) is 3.95. The quantitative estimate of drug-likeness (QED) is 0.658. The third-order valence-electron chi connectivity index (χ3n) is 2.61. The monoisotopic (exact) mass is 242 g/mol. The van der Waals surface area contributed by atoms with Gasteiger partial charge in [-0.25, -0.2) is 4.98 Å². The molecular formula is C11H10N6O. The maximum Gasteiger partial charge on any atom is 0.260 e. The van der Waals surface area contributed by atoms with Crippen LogP contribution in [0, 0.1) is 6.92 Å². The first-order chi connectivity index (χ1) is 8.75. The van der Waals surface area contributed by atoms with Crippen molar-refractivity contribution in [3.8, 4) is 23.1 Å². The number of aromatic amines is 1. The van der Waals surface area contributed by atoms with Gasteiger partial charge in [0.2, 0.25) is 5.82 Å². The van der Waals surface area contributed by atoms with E-state index >= 15 is 0 Å². The number of anilines is 1. The summed E-state index contributed by atoms with van der Waals surface area (Å²) in [5.41, 5.74) is 8.29. The van der Waals surface area contributed by atoms with E-state index in [1.54, 1.807) is 0 Å². The van der Waals surface area contributed by atoms with Gasteiger partial charge in [0.05, 0.1) is 5.56 Å². The zero-order valence-electron chi connectivity index (χ0n) is 9.58. The molecule has 0 saturated carbocycles. The molecule has 0 fully saturated rings. The van der Waals surface area contributed by atoms with E-state index in [0.717, 1.165) is 5.56 Å². The van der Waals surface area contributed by atoms with Crippen molar-refractivity contribution in [2.45, 2.75) is 6.92 Å². The molecule has 3 N–H and O–H groups in total. The maximum atomic E-state index is 5.98. The molecule has 0 aliphatic rings. The molecule has 90 valence electrons. The van der Waals surface area contributed by atoms with Gasteiger partial charge < -0.3 is 10.3 Å². The Bertz CT molecular complexity index is 673. The molecule has 0 amide bonds. The van der Waals surface area contributed by atoms with Crippen LogP contribution in [0.1, 0.15) is 5.56 Å². The number of nitrogens with one attached hydrogen (secondary N) is 1. The molecule has 0 saturated heterocycles. The minimum Gasteiger partial charge on any atom is -0.398 e. The largest absolute Gasteiger partial charge is 0.398 e. The van der Waals surface area contributed by atoms with Gasteiger partial charge in [0.15, 0.2) is 5.82 Å². The van der Waals surface area contributed by atoms with E-state index in [1.165, 1.54) is 6.33 Å². The Morgan fingerprint density at radius 1 is 1.33 bits per heavy atom. The Morgan fingerprint density at radius 2 is 2.22 bits per heavy atom. The van der Waals surface area contributed by atoms with Crippen LogP contribution in [0.4, 0.5) is 5.69 Å². The number of hydrogen-bond donors (Lipinski definition) is 2. The lowest BCUT2D eigenvalue weighted by Crippen LogP contribution is -1.93. The van der Waals surface area contributed by atoms with Crippen LogP contribution in [-0.4, -0.2) is 25.3 Å². The van der Waals surface area contributed by atoms with Crippen molar-refractivity contribution in [2.75, 3.05) is 5.73 Å². The van der Waals surface area contributed by atoms with Crippen LogP contribution in [0.15, 0.2) is 29.0 Å². The number of benzene rings is 1. The van der Waals surface area contributed by atoms with Crippen molar-refractivity contribution >= 4 is 5.69 Å². The second-order valence-electron chi connectivity index (χ2n) is 3.79. The molecule has 2 aromatic heterocycles. The maximum absolute atomic E-state index is 5.98. The fourth-order valence-electron chi connectivity index (χ4n) is 1.61. The van der Waals surface area contributed by atoms with Crippen LogP contribution in [0.3, 0.4) is 0 Å². The molecule has 0 unspecified atom stereocenters. The lowest BCUT2D eigenvalue weighted by Gasteiger charge is -2.02. The standard InChI is InChI=1S/C11H10N6O/c1-6-3-2-4-7(8(6)12)11-15-10(17-18-11)9-13-5-14-16-9/h2-5H,12H2,1H3,(H,13,14,16). The highest BCUT2D eigenvalue weighted by Crippen LogP contribution is 2.27. The van der Waals surface area contributed by atoms with Gasteiger partial charge in [-0.1, -0.05) is 17.3 Å². The number of aryl methyl sites for hydroxylation is 1. The highest BCUT2D eigenvalue weighted by molar-refractivity contribution is 5.73. The van der Waals surface area contributed by atoms with Crippen LogP contribution in [0.2, 0.25) is 0 Å². The summed E-state index contributed by atoms with van der Waals surface area (Å²) in [6, 6.07) is 5.64. The van der Waals surface area contributed by atoms with E-state index in [9.17, 15) is 0 Å². The number of nitrogen functional groups attached to an aromatic ring is 1. The highest BCUT2D eigenvalue weighted by atomic mass is 16.5. The lowest BCUT2D eigenvalue weighted by molar-refractivity contribution is 0.432. The van der Waals surface area contributed by atoms with E-state index in [1.807, 2.05) is 25.1 Å². The predicted octanol–water partition coefficient (Wildman–Crippen LogP) is 1.41. The highest BCUT2D eigenvalue weighted by Gasteiger charge is 2.15. The Kier molecular flexibility index (Phi) is 2.30. The molecule has 18 heavy (non-hydrogen) atoms. The zero-order chi connectivity index (χ0) is 12.5. The molecule has 3 rings (SSSR count). The third kappa shape index (κ3) is 1.61. The van der Waals surface area contributed by atoms with Crippen LogP contribution in [0.25, 0.3) is 23.1 Å². The van der Waals surface area contributed by atoms with Gasteiger partial charge in [-0.2, -0.15) is 10.1 Å². The summed E-state index contributed by atoms with van der Waals surface area (Å²) < 4.78 is 5.18. The smallest absolute Gasteiger partial charge is 0.260 e. The molecular weight excluding hydrogens is 232 g/mol. The van der Waals surface area contributed by atoms with Crippen molar-refractivity contribution in [3.63, 3.8) is 0 Å². The normalized spacial score (nSPS) is 10.7. The van der Waals surface area contributed by atoms with E-state index < -0.39 is 0 Å². The van der Waals surface area contributed by atoms with E-state index in [2.05, 4.69) is 25.3 Å². The van der Waals surface area contributed by atoms with Gasteiger partial charge in [-0.05, 0) is 18.6 Å². The first-order valence-corrected chi connectivity index (χ1v) is 5.30. The molecule has 0 radical (unpaired) electrons. The zero-order valence-corrected chi connectivity index (χ0v) is 9.58. The average molecular weight is 242 g/mol. The van der Waals surface area contributed by atoms with Crippen LogP contribution < -0.4 is 5.73 Å². The molecule has 2 heterocycles. The first-order valence-electron chi connectivity index (χ1n) is 5.30. The summed E-state index contributed by atoms with van der Waals surface area (Å²) in [5, 5.41) is 10.2. The van der Waals surface area contributed by atoms with Crippen LogP contribution in [-0.2, 0) is 0 Å². The van der Waals surface area contributed by atoms with Crippen molar-refractivity contribution in [2.24, 2.45) is 0 Å². The van der Waals surface area contributed by atoms with Gasteiger partial charge >= 0.3 is 0 Å². The van der Waals surface area contributed by atoms with Crippen LogP contribution >= 0.6 is 0 Å². The Labute approximate surface area is 102 Å².